The van der Waals surface area contributed by atoms with Gasteiger partial charge < -0.3 is 5.11 Å². The Balaban J connectivity index is 2.41. The molecule has 20 heavy (non-hydrogen) atoms. The van der Waals surface area contributed by atoms with Crippen LogP contribution in [0.3, 0.4) is 0 Å². The Kier molecular flexibility index (Phi) is 3.20. The molecule has 0 saturated carbocycles. The number of carboxylic acid groups (broad SMARTS) is 1. The molecule has 0 amide bonds. The number of aromatic nitrogens is 1. The van der Waals surface area contributed by atoms with Gasteiger partial charge in [0.15, 0.2) is 0 Å². The average molecular weight is 269 g/mol. The van der Waals surface area contributed by atoms with Crippen molar-refractivity contribution in [3.05, 3.63) is 40.6 Å². The Morgan fingerprint density at radius 3 is 2.70 bits per heavy atom. The van der Waals surface area contributed by atoms with Crippen LogP contribution in [0.15, 0.2) is 18.2 Å². The van der Waals surface area contributed by atoms with E-state index in [1.807, 2.05) is 12.1 Å². The van der Waals surface area contributed by atoms with E-state index in [1.165, 1.54) is 0 Å². The highest BCUT2D eigenvalue weighted by Crippen LogP contribution is 2.32. The number of carbonyl (C=O) groups is 1. The SMILES string of the molecule is CC(C)c1cccc2c(C(=O)O)c3c(nc12)CCCC3. The van der Waals surface area contributed by atoms with Crippen molar-refractivity contribution in [1.82, 2.24) is 4.98 Å². The fraction of sp³-hybridized carbons (Fsp3) is 0.412. The van der Waals surface area contributed by atoms with Gasteiger partial charge in [0.2, 0.25) is 0 Å². The van der Waals surface area contributed by atoms with E-state index in [-0.39, 0.29) is 0 Å². The van der Waals surface area contributed by atoms with Crippen molar-refractivity contribution in [2.75, 3.05) is 0 Å². The Labute approximate surface area is 118 Å². The lowest BCUT2D eigenvalue weighted by atomic mass is 9.88. The summed E-state index contributed by atoms with van der Waals surface area (Å²) in [7, 11) is 0. The number of hydrogen-bond donors (Lipinski definition) is 1. The van der Waals surface area contributed by atoms with Gasteiger partial charge in [-0.25, -0.2) is 4.79 Å². The van der Waals surface area contributed by atoms with Crippen LogP contribution in [0.25, 0.3) is 10.9 Å². The maximum atomic E-state index is 11.7. The number of aromatic carboxylic acids is 1. The maximum absolute atomic E-state index is 11.7. The zero-order valence-corrected chi connectivity index (χ0v) is 11.9. The Hall–Kier alpha value is -1.90. The van der Waals surface area contributed by atoms with Gasteiger partial charge in [-0.2, -0.15) is 0 Å². The molecule has 0 fully saturated rings. The molecule has 1 heterocycles. The molecule has 3 nitrogen and oxygen atoms in total. The highest BCUT2D eigenvalue weighted by Gasteiger charge is 2.23. The van der Waals surface area contributed by atoms with Crippen molar-refractivity contribution >= 4 is 16.9 Å². The van der Waals surface area contributed by atoms with Gasteiger partial charge >= 0.3 is 5.97 Å². The van der Waals surface area contributed by atoms with Crippen LogP contribution in [0.2, 0.25) is 0 Å². The fourth-order valence-corrected chi connectivity index (χ4v) is 3.18. The fourth-order valence-electron chi connectivity index (χ4n) is 3.18. The quantitative estimate of drug-likeness (QED) is 0.898. The summed E-state index contributed by atoms with van der Waals surface area (Å²) in [6.45, 7) is 4.24. The number of benzene rings is 1. The molecule has 0 bridgehead atoms. The second-order valence-electron chi connectivity index (χ2n) is 5.82. The number of nitrogens with zero attached hydrogens (tertiary/aromatic N) is 1. The summed E-state index contributed by atoms with van der Waals surface area (Å²) in [5.41, 5.74) is 4.44. The van der Waals surface area contributed by atoms with E-state index < -0.39 is 5.97 Å². The zero-order chi connectivity index (χ0) is 14.3. The highest BCUT2D eigenvalue weighted by atomic mass is 16.4. The third-order valence-corrected chi connectivity index (χ3v) is 4.16. The van der Waals surface area contributed by atoms with Gasteiger partial charge in [0.05, 0.1) is 11.1 Å². The van der Waals surface area contributed by atoms with Crippen molar-refractivity contribution in [2.24, 2.45) is 0 Å². The third kappa shape index (κ3) is 1.98. The third-order valence-electron chi connectivity index (χ3n) is 4.16. The summed E-state index contributed by atoms with van der Waals surface area (Å²) in [6, 6.07) is 5.90. The van der Waals surface area contributed by atoms with Crippen LogP contribution >= 0.6 is 0 Å². The van der Waals surface area contributed by atoms with Crippen LogP contribution in [0.4, 0.5) is 0 Å². The molecule has 0 spiro atoms. The molecular formula is C17H19NO2. The predicted molar refractivity (Wildman–Crippen MR) is 79.4 cm³/mol. The molecule has 1 aromatic carbocycles. The summed E-state index contributed by atoms with van der Waals surface area (Å²) >= 11 is 0. The summed E-state index contributed by atoms with van der Waals surface area (Å²) in [6.07, 6.45) is 3.91. The smallest absolute Gasteiger partial charge is 0.336 e. The lowest BCUT2D eigenvalue weighted by Gasteiger charge is -2.20. The second-order valence-corrected chi connectivity index (χ2v) is 5.82. The molecule has 0 unspecified atom stereocenters. The van der Waals surface area contributed by atoms with Crippen molar-refractivity contribution in [3.8, 4) is 0 Å². The van der Waals surface area contributed by atoms with Crippen molar-refractivity contribution < 1.29 is 9.90 Å². The van der Waals surface area contributed by atoms with E-state index in [0.29, 0.717) is 11.5 Å². The number of carboxylic acids is 1. The largest absolute Gasteiger partial charge is 0.478 e. The van der Waals surface area contributed by atoms with E-state index >= 15 is 0 Å². The number of aryl methyl sites for hydroxylation is 1. The Morgan fingerprint density at radius 1 is 1.25 bits per heavy atom. The molecule has 3 rings (SSSR count). The normalized spacial score (nSPS) is 14.6. The minimum atomic E-state index is -0.823. The van der Waals surface area contributed by atoms with E-state index in [4.69, 9.17) is 4.98 Å². The summed E-state index contributed by atoms with van der Waals surface area (Å²) in [5.74, 6) is -0.481. The van der Waals surface area contributed by atoms with Gasteiger partial charge in [-0.1, -0.05) is 32.0 Å². The maximum Gasteiger partial charge on any atom is 0.336 e. The minimum Gasteiger partial charge on any atom is -0.478 e. The summed E-state index contributed by atoms with van der Waals surface area (Å²) < 4.78 is 0. The predicted octanol–water partition coefficient (Wildman–Crippen LogP) is 3.94. The van der Waals surface area contributed by atoms with Gasteiger partial charge in [-0.05, 0) is 42.7 Å². The number of pyridine rings is 1. The van der Waals surface area contributed by atoms with Gasteiger partial charge in [0.1, 0.15) is 0 Å². The summed E-state index contributed by atoms with van der Waals surface area (Å²) in [5, 5.41) is 10.4. The van der Waals surface area contributed by atoms with Gasteiger partial charge in [0.25, 0.3) is 0 Å². The van der Waals surface area contributed by atoms with E-state index in [9.17, 15) is 9.90 Å². The molecule has 104 valence electrons. The first-order valence-corrected chi connectivity index (χ1v) is 7.27. The number of rotatable bonds is 2. The molecule has 0 radical (unpaired) electrons. The lowest BCUT2D eigenvalue weighted by Crippen LogP contribution is -2.14. The number of hydrogen-bond acceptors (Lipinski definition) is 2. The van der Waals surface area contributed by atoms with Crippen LogP contribution in [0.5, 0.6) is 0 Å². The van der Waals surface area contributed by atoms with E-state index in [2.05, 4.69) is 19.9 Å². The standard InChI is InChI=1S/C17H19NO2/c1-10(2)11-7-5-8-13-15(17(19)20)12-6-3-4-9-14(12)18-16(11)13/h5,7-8,10H,3-4,6,9H2,1-2H3,(H,19,20). The minimum absolute atomic E-state index is 0.342. The van der Waals surface area contributed by atoms with E-state index in [0.717, 1.165) is 53.4 Å². The first-order chi connectivity index (χ1) is 9.59. The molecule has 0 saturated heterocycles. The van der Waals surface area contributed by atoms with Crippen molar-refractivity contribution in [2.45, 2.75) is 45.4 Å². The molecule has 2 aromatic rings. The van der Waals surface area contributed by atoms with Crippen LogP contribution in [-0.4, -0.2) is 16.1 Å². The first kappa shape index (κ1) is 13.1. The lowest BCUT2D eigenvalue weighted by molar-refractivity contribution is 0.0697. The molecule has 3 heteroatoms. The average Bonchev–Trinajstić information content (AvgIpc) is 2.43. The van der Waals surface area contributed by atoms with Gasteiger partial charge in [-0.3, -0.25) is 4.98 Å². The topological polar surface area (TPSA) is 50.2 Å². The highest BCUT2D eigenvalue weighted by molar-refractivity contribution is 6.05. The Morgan fingerprint density at radius 2 is 2.00 bits per heavy atom. The molecule has 1 aromatic heterocycles. The molecule has 1 aliphatic carbocycles. The zero-order valence-electron chi connectivity index (χ0n) is 11.9. The number of para-hydroxylation sites is 1. The van der Waals surface area contributed by atoms with Crippen LogP contribution in [0.1, 0.15) is 59.8 Å². The van der Waals surface area contributed by atoms with Crippen LogP contribution in [0, 0.1) is 0 Å². The van der Waals surface area contributed by atoms with Gasteiger partial charge in [0, 0.05) is 11.1 Å². The molecule has 1 N–H and O–H groups in total. The van der Waals surface area contributed by atoms with E-state index in [1.54, 1.807) is 0 Å². The second kappa shape index (κ2) is 4.89. The van der Waals surface area contributed by atoms with Gasteiger partial charge in [-0.15, -0.1) is 0 Å². The monoisotopic (exact) mass is 269 g/mol. The van der Waals surface area contributed by atoms with Crippen LogP contribution in [-0.2, 0) is 12.8 Å². The molecular weight excluding hydrogens is 250 g/mol. The van der Waals surface area contributed by atoms with Crippen LogP contribution < -0.4 is 0 Å². The molecule has 0 aliphatic heterocycles. The number of fused-ring (bicyclic) bond motifs is 2. The van der Waals surface area contributed by atoms with Crippen molar-refractivity contribution in [1.29, 1.82) is 0 Å². The molecule has 1 aliphatic rings. The molecule has 0 atom stereocenters. The first-order valence-electron chi connectivity index (χ1n) is 7.27. The summed E-state index contributed by atoms with van der Waals surface area (Å²) in [4.78, 5) is 16.6. The van der Waals surface area contributed by atoms with Crippen molar-refractivity contribution in [3.63, 3.8) is 0 Å². The Bertz CT molecular complexity index is 689.